The lowest BCUT2D eigenvalue weighted by Crippen LogP contribution is -2.05. The minimum absolute atomic E-state index is 0.00937. The normalized spacial score (nSPS) is 12.4. The van der Waals surface area contributed by atoms with Gasteiger partial charge in [-0.2, -0.15) is 4.98 Å². The van der Waals surface area contributed by atoms with Crippen LogP contribution in [0.1, 0.15) is 43.6 Å². The number of aryl methyl sites for hydroxylation is 1. The standard InChI is InChI=1S/C14H19N3O2/c1-3-5-14-16-13(17-19-14)9-18-12-7-4-6-11(8-12)10(2)15/h4,6-8,10H,3,5,9,15H2,1-2H3. The summed E-state index contributed by atoms with van der Waals surface area (Å²) in [5, 5.41) is 3.87. The summed E-state index contributed by atoms with van der Waals surface area (Å²) < 4.78 is 10.7. The summed E-state index contributed by atoms with van der Waals surface area (Å²) in [6.45, 7) is 4.31. The molecule has 0 radical (unpaired) electrons. The highest BCUT2D eigenvalue weighted by molar-refractivity contribution is 5.30. The lowest BCUT2D eigenvalue weighted by molar-refractivity contribution is 0.284. The highest BCUT2D eigenvalue weighted by atomic mass is 16.5. The molecular formula is C14H19N3O2. The molecule has 5 nitrogen and oxygen atoms in total. The minimum Gasteiger partial charge on any atom is -0.485 e. The van der Waals surface area contributed by atoms with Crippen molar-refractivity contribution in [1.29, 1.82) is 0 Å². The van der Waals surface area contributed by atoms with Crippen LogP contribution in [-0.2, 0) is 13.0 Å². The molecule has 0 saturated carbocycles. The topological polar surface area (TPSA) is 74.2 Å². The van der Waals surface area contributed by atoms with Gasteiger partial charge in [0.15, 0.2) is 6.61 Å². The van der Waals surface area contributed by atoms with E-state index in [1.54, 1.807) is 0 Å². The van der Waals surface area contributed by atoms with Crippen LogP contribution in [0.25, 0.3) is 0 Å². The Morgan fingerprint density at radius 2 is 2.26 bits per heavy atom. The van der Waals surface area contributed by atoms with Gasteiger partial charge < -0.3 is 15.0 Å². The van der Waals surface area contributed by atoms with Crippen molar-refractivity contribution in [3.63, 3.8) is 0 Å². The zero-order valence-electron chi connectivity index (χ0n) is 11.3. The molecule has 0 aliphatic heterocycles. The molecule has 1 unspecified atom stereocenters. The van der Waals surface area contributed by atoms with E-state index in [1.807, 2.05) is 31.2 Å². The summed E-state index contributed by atoms with van der Waals surface area (Å²) in [5.41, 5.74) is 6.87. The Morgan fingerprint density at radius 3 is 3.00 bits per heavy atom. The van der Waals surface area contributed by atoms with Crippen molar-refractivity contribution in [2.75, 3.05) is 0 Å². The van der Waals surface area contributed by atoms with E-state index >= 15 is 0 Å². The first-order chi connectivity index (χ1) is 9.19. The van der Waals surface area contributed by atoms with Crippen molar-refractivity contribution < 1.29 is 9.26 Å². The Bertz CT molecular complexity index is 523. The van der Waals surface area contributed by atoms with Crippen LogP contribution in [0.4, 0.5) is 0 Å². The van der Waals surface area contributed by atoms with Crippen LogP contribution in [0, 0.1) is 0 Å². The van der Waals surface area contributed by atoms with Gasteiger partial charge in [0.2, 0.25) is 11.7 Å². The third-order valence-corrected chi connectivity index (χ3v) is 2.73. The monoisotopic (exact) mass is 261 g/mol. The molecular weight excluding hydrogens is 242 g/mol. The molecule has 1 aromatic carbocycles. The van der Waals surface area contributed by atoms with Gasteiger partial charge in [0, 0.05) is 12.5 Å². The smallest absolute Gasteiger partial charge is 0.226 e. The van der Waals surface area contributed by atoms with Crippen molar-refractivity contribution in [3.05, 3.63) is 41.5 Å². The van der Waals surface area contributed by atoms with Crippen LogP contribution >= 0.6 is 0 Å². The van der Waals surface area contributed by atoms with Crippen molar-refractivity contribution in [2.45, 2.75) is 39.3 Å². The van der Waals surface area contributed by atoms with Crippen molar-refractivity contribution in [1.82, 2.24) is 10.1 Å². The third kappa shape index (κ3) is 3.79. The Kier molecular flexibility index (Phi) is 4.52. The number of hydrogen-bond acceptors (Lipinski definition) is 5. The highest BCUT2D eigenvalue weighted by Gasteiger charge is 2.07. The lowest BCUT2D eigenvalue weighted by Gasteiger charge is -2.08. The van der Waals surface area contributed by atoms with Gasteiger partial charge in [-0.05, 0) is 31.0 Å². The Hall–Kier alpha value is -1.88. The number of rotatable bonds is 6. The van der Waals surface area contributed by atoms with Gasteiger partial charge in [0.25, 0.3) is 0 Å². The fraction of sp³-hybridized carbons (Fsp3) is 0.429. The average Bonchev–Trinajstić information content (AvgIpc) is 2.85. The Balaban J connectivity index is 1.95. The molecule has 2 rings (SSSR count). The minimum atomic E-state index is -0.00937. The number of ether oxygens (including phenoxy) is 1. The summed E-state index contributed by atoms with van der Waals surface area (Å²) in [7, 11) is 0. The summed E-state index contributed by atoms with van der Waals surface area (Å²) in [6.07, 6.45) is 1.78. The lowest BCUT2D eigenvalue weighted by atomic mass is 10.1. The summed E-state index contributed by atoms with van der Waals surface area (Å²) in [5.74, 6) is 1.98. The number of aromatic nitrogens is 2. The molecule has 1 aromatic heterocycles. The van der Waals surface area contributed by atoms with Gasteiger partial charge >= 0.3 is 0 Å². The maximum atomic E-state index is 5.83. The van der Waals surface area contributed by atoms with Crippen LogP contribution in [0.3, 0.4) is 0 Å². The SMILES string of the molecule is CCCc1nc(COc2cccc(C(C)N)c2)no1. The van der Waals surface area contributed by atoms with E-state index in [4.69, 9.17) is 15.0 Å². The van der Waals surface area contributed by atoms with Crippen molar-refractivity contribution in [2.24, 2.45) is 5.73 Å². The van der Waals surface area contributed by atoms with Crippen LogP contribution in [0.15, 0.2) is 28.8 Å². The molecule has 0 bridgehead atoms. The molecule has 19 heavy (non-hydrogen) atoms. The first kappa shape index (κ1) is 13.5. The third-order valence-electron chi connectivity index (χ3n) is 2.73. The summed E-state index contributed by atoms with van der Waals surface area (Å²) in [4.78, 5) is 4.25. The largest absolute Gasteiger partial charge is 0.485 e. The van der Waals surface area contributed by atoms with Gasteiger partial charge in [-0.1, -0.05) is 24.2 Å². The summed E-state index contributed by atoms with van der Waals surface area (Å²) >= 11 is 0. The van der Waals surface area contributed by atoms with Crippen molar-refractivity contribution in [3.8, 4) is 5.75 Å². The van der Waals surface area contributed by atoms with E-state index < -0.39 is 0 Å². The molecule has 5 heteroatoms. The molecule has 0 aliphatic carbocycles. The van der Waals surface area contributed by atoms with E-state index in [1.165, 1.54) is 0 Å². The predicted octanol–water partition coefficient (Wildman–Crippen LogP) is 2.62. The second kappa shape index (κ2) is 6.33. The fourth-order valence-electron chi connectivity index (χ4n) is 1.70. The fourth-order valence-corrected chi connectivity index (χ4v) is 1.70. The number of hydrogen-bond donors (Lipinski definition) is 1. The number of benzene rings is 1. The first-order valence-corrected chi connectivity index (χ1v) is 6.49. The van der Waals surface area contributed by atoms with E-state index in [9.17, 15) is 0 Å². The molecule has 2 aromatic rings. The Morgan fingerprint density at radius 1 is 1.42 bits per heavy atom. The van der Waals surface area contributed by atoms with Gasteiger partial charge in [0.05, 0.1) is 0 Å². The molecule has 2 N–H and O–H groups in total. The first-order valence-electron chi connectivity index (χ1n) is 6.49. The molecule has 1 atom stereocenters. The maximum Gasteiger partial charge on any atom is 0.226 e. The van der Waals surface area contributed by atoms with Gasteiger partial charge in [-0.25, -0.2) is 0 Å². The van der Waals surface area contributed by atoms with Gasteiger partial charge in [-0.3, -0.25) is 0 Å². The van der Waals surface area contributed by atoms with Crippen molar-refractivity contribution >= 4 is 0 Å². The van der Waals surface area contributed by atoms with Crippen LogP contribution < -0.4 is 10.5 Å². The second-order valence-electron chi connectivity index (χ2n) is 4.50. The van der Waals surface area contributed by atoms with E-state index in [-0.39, 0.29) is 6.04 Å². The molecule has 0 aliphatic rings. The maximum absolute atomic E-state index is 5.83. The number of nitrogens with two attached hydrogens (primary N) is 1. The highest BCUT2D eigenvalue weighted by Crippen LogP contribution is 2.18. The molecule has 0 fully saturated rings. The summed E-state index contributed by atoms with van der Waals surface area (Å²) in [6, 6.07) is 7.71. The van der Waals surface area contributed by atoms with Gasteiger partial charge in [0.1, 0.15) is 5.75 Å². The molecule has 1 heterocycles. The molecule has 0 amide bonds. The zero-order chi connectivity index (χ0) is 13.7. The van der Waals surface area contributed by atoms with E-state index in [2.05, 4.69) is 17.1 Å². The molecule has 102 valence electrons. The van der Waals surface area contributed by atoms with E-state index in [0.717, 1.165) is 24.2 Å². The zero-order valence-corrected chi connectivity index (χ0v) is 11.3. The van der Waals surface area contributed by atoms with Crippen LogP contribution in [0.2, 0.25) is 0 Å². The number of nitrogens with zero attached hydrogens (tertiary/aromatic N) is 2. The Labute approximate surface area is 112 Å². The molecule has 0 spiro atoms. The predicted molar refractivity (Wildman–Crippen MR) is 71.7 cm³/mol. The van der Waals surface area contributed by atoms with Crippen LogP contribution in [-0.4, -0.2) is 10.1 Å². The van der Waals surface area contributed by atoms with Gasteiger partial charge in [-0.15, -0.1) is 0 Å². The quantitative estimate of drug-likeness (QED) is 0.865. The molecule has 0 saturated heterocycles. The average molecular weight is 261 g/mol. The van der Waals surface area contributed by atoms with E-state index in [0.29, 0.717) is 18.3 Å². The van der Waals surface area contributed by atoms with Crippen LogP contribution in [0.5, 0.6) is 5.75 Å². The second-order valence-corrected chi connectivity index (χ2v) is 4.50.